The number of benzene rings is 1. The molecule has 3 aromatic rings. The number of carbonyl (C=O) groups is 1. The second-order valence-electron chi connectivity index (χ2n) is 7.55. The van der Waals surface area contributed by atoms with Gasteiger partial charge in [0.1, 0.15) is 11.3 Å². The molecule has 1 amide bonds. The maximum Gasteiger partial charge on any atom is 0.287 e. The highest BCUT2D eigenvalue weighted by atomic mass is 16.5. The molecule has 0 aliphatic heterocycles. The minimum atomic E-state index is -0.320. The molecule has 6 nitrogen and oxygen atoms in total. The number of furan rings is 1. The highest BCUT2D eigenvalue weighted by Crippen LogP contribution is 2.39. The number of nitrogens with one attached hydrogen (secondary N) is 1. The molecule has 1 aliphatic carbocycles. The Bertz CT molecular complexity index is 1020. The van der Waals surface area contributed by atoms with Gasteiger partial charge in [-0.15, -0.1) is 0 Å². The topological polar surface area (TPSA) is 84.6 Å². The number of hydrogen-bond donors (Lipinski definition) is 2. The van der Waals surface area contributed by atoms with Crippen LogP contribution >= 0.6 is 0 Å². The van der Waals surface area contributed by atoms with Gasteiger partial charge in [-0.25, -0.2) is 0 Å². The molecule has 2 N–H and O–H groups in total. The van der Waals surface area contributed by atoms with Crippen LogP contribution in [0.5, 0.6) is 5.75 Å². The molecule has 0 saturated heterocycles. The Hall–Kier alpha value is -2.86. The summed E-state index contributed by atoms with van der Waals surface area (Å²) >= 11 is 0. The SMILES string of the molecule is COc1cncc(C(NC(=O)c2oc3ccc(C)cc3c2C)C2CC(O)C2)c1. The van der Waals surface area contributed by atoms with Crippen molar-refractivity contribution in [2.24, 2.45) is 5.92 Å². The molecule has 1 aliphatic rings. The monoisotopic (exact) mass is 380 g/mol. The Morgan fingerprint density at radius 2 is 2.07 bits per heavy atom. The minimum Gasteiger partial charge on any atom is -0.495 e. The summed E-state index contributed by atoms with van der Waals surface area (Å²) in [6, 6.07) is 7.48. The summed E-state index contributed by atoms with van der Waals surface area (Å²) in [5.41, 5.74) is 3.50. The third-order valence-electron chi connectivity index (χ3n) is 5.53. The number of hydrogen-bond acceptors (Lipinski definition) is 5. The van der Waals surface area contributed by atoms with Crippen LogP contribution in [0.2, 0.25) is 0 Å². The number of aryl methyl sites for hydroxylation is 2. The Morgan fingerprint density at radius 1 is 1.29 bits per heavy atom. The third kappa shape index (κ3) is 3.36. The van der Waals surface area contributed by atoms with E-state index in [2.05, 4.69) is 10.3 Å². The number of aromatic nitrogens is 1. The molecule has 1 atom stereocenters. The van der Waals surface area contributed by atoms with Crippen LogP contribution in [0.3, 0.4) is 0 Å². The van der Waals surface area contributed by atoms with Crippen LogP contribution in [0, 0.1) is 19.8 Å². The number of methoxy groups -OCH3 is 1. The Labute approximate surface area is 163 Å². The molecule has 146 valence electrons. The minimum absolute atomic E-state index is 0.139. The Kier molecular flexibility index (Phi) is 4.81. The quantitative estimate of drug-likeness (QED) is 0.705. The van der Waals surface area contributed by atoms with Crippen LogP contribution in [0.15, 0.2) is 41.1 Å². The van der Waals surface area contributed by atoms with E-state index < -0.39 is 0 Å². The number of nitrogens with zero attached hydrogens (tertiary/aromatic N) is 1. The fourth-order valence-corrected chi connectivity index (χ4v) is 3.85. The first-order valence-corrected chi connectivity index (χ1v) is 9.44. The molecule has 1 unspecified atom stereocenters. The van der Waals surface area contributed by atoms with Crippen molar-refractivity contribution >= 4 is 16.9 Å². The maximum absolute atomic E-state index is 13.1. The normalized spacial score (nSPS) is 19.9. The van der Waals surface area contributed by atoms with Gasteiger partial charge in [0.25, 0.3) is 5.91 Å². The van der Waals surface area contributed by atoms with Gasteiger partial charge in [-0.1, -0.05) is 11.6 Å². The molecule has 6 heteroatoms. The summed E-state index contributed by atoms with van der Waals surface area (Å²) < 4.78 is 11.1. The number of amides is 1. The fourth-order valence-electron chi connectivity index (χ4n) is 3.85. The summed E-state index contributed by atoms with van der Waals surface area (Å²) in [4.78, 5) is 17.3. The third-order valence-corrected chi connectivity index (χ3v) is 5.53. The van der Waals surface area contributed by atoms with Gasteiger partial charge in [0.05, 0.1) is 25.5 Å². The lowest BCUT2D eigenvalue weighted by molar-refractivity contribution is 0.0231. The van der Waals surface area contributed by atoms with Crippen molar-refractivity contribution in [2.45, 2.75) is 38.8 Å². The molecule has 1 fully saturated rings. The summed E-state index contributed by atoms with van der Waals surface area (Å²) in [5, 5.41) is 13.8. The first-order valence-electron chi connectivity index (χ1n) is 9.44. The molecular formula is C22H24N2O4. The van der Waals surface area contributed by atoms with Crippen molar-refractivity contribution in [3.63, 3.8) is 0 Å². The van der Waals surface area contributed by atoms with E-state index in [1.807, 2.05) is 38.1 Å². The van der Waals surface area contributed by atoms with E-state index in [-0.39, 0.29) is 24.0 Å². The molecule has 2 aromatic heterocycles. The van der Waals surface area contributed by atoms with E-state index in [1.54, 1.807) is 19.5 Å². The van der Waals surface area contributed by atoms with Crippen LogP contribution in [0.4, 0.5) is 0 Å². The largest absolute Gasteiger partial charge is 0.495 e. The summed E-state index contributed by atoms with van der Waals surface area (Å²) in [6.45, 7) is 3.91. The van der Waals surface area contributed by atoms with Gasteiger partial charge in [-0.2, -0.15) is 0 Å². The van der Waals surface area contributed by atoms with Crippen molar-refractivity contribution in [3.05, 3.63) is 59.1 Å². The van der Waals surface area contributed by atoms with Gasteiger partial charge in [-0.05, 0) is 56.4 Å². The molecule has 2 heterocycles. The van der Waals surface area contributed by atoms with E-state index >= 15 is 0 Å². The predicted molar refractivity (Wildman–Crippen MR) is 105 cm³/mol. The van der Waals surface area contributed by atoms with Gasteiger partial charge < -0.3 is 19.6 Å². The van der Waals surface area contributed by atoms with Gasteiger partial charge >= 0.3 is 0 Å². The number of aliphatic hydroxyl groups excluding tert-OH is 1. The number of fused-ring (bicyclic) bond motifs is 1. The van der Waals surface area contributed by atoms with Crippen LogP contribution in [-0.4, -0.2) is 29.2 Å². The van der Waals surface area contributed by atoms with Crippen molar-refractivity contribution in [2.75, 3.05) is 7.11 Å². The number of pyridine rings is 1. The lowest BCUT2D eigenvalue weighted by Crippen LogP contribution is -2.41. The van der Waals surface area contributed by atoms with Gasteiger partial charge in [0.15, 0.2) is 5.76 Å². The zero-order valence-corrected chi connectivity index (χ0v) is 16.2. The van der Waals surface area contributed by atoms with E-state index in [1.165, 1.54) is 0 Å². The highest BCUT2D eigenvalue weighted by molar-refractivity contribution is 5.99. The molecule has 1 aromatic carbocycles. The summed E-state index contributed by atoms with van der Waals surface area (Å²) in [7, 11) is 1.58. The van der Waals surface area contributed by atoms with E-state index in [9.17, 15) is 9.90 Å². The standard InChI is InChI=1S/C22H24N2O4/c1-12-4-5-19-18(6-12)13(2)21(28-19)22(26)24-20(14-7-16(25)8-14)15-9-17(27-3)11-23-10-15/h4-6,9-11,14,16,20,25H,7-8H2,1-3H3,(H,24,26). The van der Waals surface area contributed by atoms with Crippen LogP contribution in [0.25, 0.3) is 11.0 Å². The van der Waals surface area contributed by atoms with E-state index in [4.69, 9.17) is 9.15 Å². The summed E-state index contributed by atoms with van der Waals surface area (Å²) in [6.07, 6.45) is 4.32. The number of carbonyl (C=O) groups excluding carboxylic acids is 1. The van der Waals surface area contributed by atoms with Crippen molar-refractivity contribution < 1.29 is 19.1 Å². The average molecular weight is 380 g/mol. The first kappa shape index (κ1) is 18.5. The molecule has 28 heavy (non-hydrogen) atoms. The van der Waals surface area contributed by atoms with E-state index in [0.29, 0.717) is 29.9 Å². The van der Waals surface area contributed by atoms with Crippen LogP contribution < -0.4 is 10.1 Å². The van der Waals surface area contributed by atoms with Crippen LogP contribution in [-0.2, 0) is 0 Å². The molecule has 0 radical (unpaired) electrons. The zero-order chi connectivity index (χ0) is 19.8. The second kappa shape index (κ2) is 7.28. The molecule has 0 bridgehead atoms. The van der Waals surface area contributed by atoms with Gasteiger partial charge in [-0.3, -0.25) is 9.78 Å². The first-order chi connectivity index (χ1) is 13.5. The molecule has 1 saturated carbocycles. The lowest BCUT2D eigenvalue weighted by Gasteiger charge is -2.38. The fraction of sp³-hybridized carbons (Fsp3) is 0.364. The smallest absolute Gasteiger partial charge is 0.287 e. The van der Waals surface area contributed by atoms with Crippen molar-refractivity contribution in [1.82, 2.24) is 10.3 Å². The lowest BCUT2D eigenvalue weighted by atomic mass is 9.75. The molecular weight excluding hydrogens is 356 g/mol. The summed E-state index contributed by atoms with van der Waals surface area (Å²) in [5.74, 6) is 0.827. The van der Waals surface area contributed by atoms with Crippen molar-refractivity contribution in [3.8, 4) is 5.75 Å². The Morgan fingerprint density at radius 3 is 2.79 bits per heavy atom. The zero-order valence-electron chi connectivity index (χ0n) is 16.2. The van der Waals surface area contributed by atoms with E-state index in [0.717, 1.165) is 22.1 Å². The Balaban J connectivity index is 1.65. The van der Waals surface area contributed by atoms with Crippen molar-refractivity contribution in [1.29, 1.82) is 0 Å². The highest BCUT2D eigenvalue weighted by Gasteiger charge is 2.36. The average Bonchev–Trinajstić information content (AvgIpc) is 3.00. The van der Waals surface area contributed by atoms with Gasteiger partial charge in [0, 0.05) is 17.1 Å². The predicted octanol–water partition coefficient (Wildman–Crippen LogP) is 3.70. The number of ether oxygens (including phenoxy) is 1. The molecule has 4 rings (SSSR count). The second-order valence-corrected chi connectivity index (χ2v) is 7.55. The van der Waals surface area contributed by atoms with Crippen LogP contribution in [0.1, 0.15) is 46.1 Å². The number of aliphatic hydroxyl groups is 1. The maximum atomic E-state index is 13.1. The molecule has 0 spiro atoms. The van der Waals surface area contributed by atoms with Gasteiger partial charge in [0.2, 0.25) is 0 Å². The number of rotatable bonds is 5.